The molecule has 2 aromatic carbocycles. The summed E-state index contributed by atoms with van der Waals surface area (Å²) in [5.74, 6) is -7.87. The van der Waals surface area contributed by atoms with Gasteiger partial charge in [-0.1, -0.05) is 45.4 Å². The average Bonchev–Trinajstić information content (AvgIpc) is 0.817. The van der Waals surface area contributed by atoms with E-state index in [4.69, 9.17) is 14.2 Å². The number of thioether (sulfide) groups is 6. The van der Waals surface area contributed by atoms with Crippen molar-refractivity contribution in [1.82, 2.24) is 35.9 Å². The minimum atomic E-state index is -3.50. The van der Waals surface area contributed by atoms with Crippen molar-refractivity contribution in [3.63, 3.8) is 0 Å². The molecule has 6 atom stereocenters. The van der Waals surface area contributed by atoms with Gasteiger partial charge < -0.3 is 115 Å². The van der Waals surface area contributed by atoms with Gasteiger partial charge >= 0.3 is 0 Å². The number of amides is 4. The van der Waals surface area contributed by atoms with E-state index in [1.54, 1.807) is 66.7 Å². The van der Waals surface area contributed by atoms with Crippen LogP contribution in [-0.4, -0.2) is 238 Å². The molecule has 3 rings (SSSR count). The number of carbonyl (C=O) groups is 12. The number of aliphatic carboxylic acids is 8. The van der Waals surface area contributed by atoms with E-state index in [2.05, 4.69) is 31.0 Å². The highest BCUT2D eigenvalue weighted by molar-refractivity contribution is 7.99. The standard InChI is InChI=1S/C15H21NO6S.C12H15NO3S.C11H14N2O3S.C10H19NO3S.C9H15NO6S.C9H19NO4S2/c1-20-11-7-9(8-12(21-2)13(11)22-3)14(17)16-10(15(18)19)5-6-23-4;1-17-8-7-10(12(15)16)13-11(14)9-5-3-2-4-6-9;1-17-6-4-9(11(15)16)13-10(14)8-3-2-5-12-7-8;1-7(2)6-9(12)11-8(10(13)14)4-5-15-3;1-17-3-2-6(9(15)16)10(4-7(11)12)5-8(13)14;1-3-4-7-16(13,14)10-8(9(11)12)5-6-15-2/h7-8,10H,5-6H2,1-4H3,(H,16,17)(H,18,19);2-6,10H,7-8H2,1H3,(H,13,14)(H,15,16);2-3,5,7,9H,4,6H2,1H3,(H,13,14)(H,15,16);7-8H,4-6H2,1-3H3,(H,11,12)(H,13,14);6H,2-5H2,1H3,(H,11,12)(H,13,14)(H,15,16);8,10H,3-7H2,1-2H3,(H,11,12)/p-8. The molecule has 39 heteroatoms. The molecule has 0 saturated carbocycles. The second-order valence-electron chi connectivity index (χ2n) is 21.9. The molecule has 1 heterocycles. The number of benzene rings is 2. The molecule has 0 fully saturated rings. The highest BCUT2D eigenvalue weighted by Crippen LogP contribution is 2.38. The monoisotopic (exact) mass is 1610 g/mol. The number of carboxylic acids is 8. The van der Waals surface area contributed by atoms with E-state index in [9.17, 15) is 107 Å². The lowest BCUT2D eigenvalue weighted by Gasteiger charge is -2.32. The number of hydrogen-bond donors (Lipinski definition) is 5. The van der Waals surface area contributed by atoms with Gasteiger partial charge in [-0.05, 0) is 159 Å². The van der Waals surface area contributed by atoms with Gasteiger partial charge in [0.15, 0.2) is 11.5 Å². The third kappa shape index (κ3) is 49.2. The number of rotatable bonds is 46. The van der Waals surface area contributed by atoms with Crippen LogP contribution in [-0.2, 0) is 53.2 Å². The molecule has 0 saturated heterocycles. The van der Waals surface area contributed by atoms with Gasteiger partial charge in [-0.2, -0.15) is 70.6 Å². The summed E-state index contributed by atoms with van der Waals surface area (Å²) in [6.45, 7) is 4.12. The van der Waals surface area contributed by atoms with Crippen LogP contribution in [0, 0.1) is 5.92 Å². The first-order valence-corrected chi connectivity index (χ1v) is 41.9. The third-order valence-electron chi connectivity index (χ3n) is 13.3. The Morgan fingerprint density at radius 2 is 0.838 bits per heavy atom. The highest BCUT2D eigenvalue weighted by Gasteiger charge is 2.23. The van der Waals surface area contributed by atoms with Crippen molar-refractivity contribution in [2.45, 2.75) is 115 Å². The molecule has 0 aliphatic carbocycles. The SMILES string of the molecule is CCCCS(=O)(=O)NC(CCSC)C(=O)[O-].COc1cc(C(=O)NC(CCSC)C(=O)[O-])cc(OC)c1OC.CSCCC(C(=O)[O-])N(CC(=O)[O-])CC(=O)[O-].CSCCC(NC(=O)CC(C)C)C(=O)[O-].CSCCC(NC(=O)c1ccccc1)C(=O)[O-].CSCCC(NC(=O)c1cccnc1)C(=O)[O-]. The van der Waals surface area contributed by atoms with E-state index in [0.717, 1.165) is 11.3 Å². The number of hydrogen-bond acceptors (Lipinski definition) is 33. The first-order valence-electron chi connectivity index (χ1n) is 31.8. The van der Waals surface area contributed by atoms with Crippen molar-refractivity contribution in [2.24, 2.45) is 5.92 Å². The maximum absolute atomic E-state index is 12.3. The summed E-state index contributed by atoms with van der Waals surface area (Å²) in [4.78, 5) is 137. The minimum Gasteiger partial charge on any atom is -0.549 e. The molecule has 0 aliphatic heterocycles. The molecule has 4 amide bonds. The molecule has 3 aromatic rings. The summed E-state index contributed by atoms with van der Waals surface area (Å²) in [5.41, 5.74) is 0.987. The van der Waals surface area contributed by atoms with Crippen LogP contribution in [0.2, 0.25) is 0 Å². The maximum Gasteiger partial charge on any atom is 0.253 e. The molecule has 0 bridgehead atoms. The van der Waals surface area contributed by atoms with Gasteiger partial charge in [-0.3, -0.25) is 29.1 Å². The molecule has 32 nitrogen and oxygen atoms in total. The van der Waals surface area contributed by atoms with Crippen molar-refractivity contribution >= 4 is 152 Å². The number of nitrogens with zero attached hydrogens (tertiary/aromatic N) is 2. The molecule has 1 aromatic heterocycles. The highest BCUT2D eigenvalue weighted by atomic mass is 32.2. The number of carbonyl (C=O) groups excluding carboxylic acids is 12. The van der Waals surface area contributed by atoms with Crippen LogP contribution in [0.5, 0.6) is 17.2 Å². The molecule has 0 radical (unpaired) electrons. The molecular formula is C66H95N7O25S7-8. The van der Waals surface area contributed by atoms with E-state index < -0.39 is 119 Å². The van der Waals surface area contributed by atoms with Crippen LogP contribution >= 0.6 is 70.6 Å². The molecule has 0 spiro atoms. The maximum atomic E-state index is 12.3. The van der Waals surface area contributed by atoms with E-state index >= 15 is 0 Å². The number of nitrogens with one attached hydrogen (secondary N) is 5. The van der Waals surface area contributed by atoms with E-state index in [1.165, 1.54) is 98.5 Å². The summed E-state index contributed by atoms with van der Waals surface area (Å²) in [5, 5.41) is 95.6. The van der Waals surface area contributed by atoms with Gasteiger partial charge in [0.05, 0.1) is 117 Å². The molecule has 594 valence electrons. The Bertz CT molecular complexity index is 3090. The fourth-order valence-corrected chi connectivity index (χ4v) is 12.2. The van der Waals surface area contributed by atoms with Crippen molar-refractivity contribution < 1.29 is 121 Å². The van der Waals surface area contributed by atoms with Crippen molar-refractivity contribution in [2.75, 3.05) is 112 Å². The van der Waals surface area contributed by atoms with Crippen LogP contribution in [0.1, 0.15) is 110 Å². The smallest absolute Gasteiger partial charge is 0.253 e. The lowest BCUT2D eigenvalue weighted by atomic mass is 10.1. The Morgan fingerprint density at radius 1 is 0.476 bits per heavy atom. The summed E-state index contributed by atoms with van der Waals surface area (Å²) >= 11 is 8.90. The first-order chi connectivity index (χ1) is 49.5. The number of pyridine rings is 1. The average molecular weight is 1610 g/mol. The van der Waals surface area contributed by atoms with Crippen LogP contribution < -0.4 is 81.1 Å². The fourth-order valence-electron chi connectivity index (χ4n) is 7.94. The lowest BCUT2D eigenvalue weighted by molar-refractivity contribution is -0.319. The number of unbranched alkanes of at least 4 members (excludes halogenated alkanes) is 1. The summed E-state index contributed by atoms with van der Waals surface area (Å²) in [7, 11) is 0.818. The Kier molecular flexibility index (Phi) is 58.8. The van der Waals surface area contributed by atoms with Gasteiger partial charge in [-0.15, -0.1) is 0 Å². The van der Waals surface area contributed by atoms with Crippen LogP contribution in [0.4, 0.5) is 0 Å². The molecule has 105 heavy (non-hydrogen) atoms. The van der Waals surface area contributed by atoms with Crippen molar-refractivity contribution in [3.05, 3.63) is 83.7 Å². The largest absolute Gasteiger partial charge is 0.549 e. The van der Waals surface area contributed by atoms with Gasteiger partial charge in [0.2, 0.25) is 21.7 Å². The summed E-state index contributed by atoms with van der Waals surface area (Å²) in [6, 6.07) is 8.40. The van der Waals surface area contributed by atoms with Crippen molar-refractivity contribution in [1.29, 1.82) is 0 Å². The van der Waals surface area contributed by atoms with E-state index in [0.29, 0.717) is 95.0 Å². The van der Waals surface area contributed by atoms with Crippen LogP contribution in [0.3, 0.4) is 0 Å². The number of sulfonamides is 1. The number of methoxy groups -OCH3 is 3. The second-order valence-corrected chi connectivity index (χ2v) is 29.7. The van der Waals surface area contributed by atoms with Crippen molar-refractivity contribution in [3.8, 4) is 17.2 Å². The molecule has 5 N–H and O–H groups in total. The summed E-state index contributed by atoms with van der Waals surface area (Å²) in [6.07, 6.45) is 17.4. The number of ether oxygens (including phenoxy) is 3. The zero-order valence-corrected chi connectivity index (χ0v) is 66.3. The van der Waals surface area contributed by atoms with Gasteiger partial charge in [-0.25, -0.2) is 13.1 Å². The second kappa shape index (κ2) is 60.7. The first kappa shape index (κ1) is 102. The Labute approximate surface area is 638 Å². The molecule has 0 aliphatic rings. The number of aromatic nitrogens is 1. The lowest BCUT2D eigenvalue weighted by Crippen LogP contribution is -2.55. The minimum absolute atomic E-state index is 0.0352. The molecule has 6 unspecified atom stereocenters. The zero-order chi connectivity index (χ0) is 80.6. The molecular weight excluding hydrogens is 1520 g/mol. The Hall–Kier alpha value is -7.40. The zero-order valence-electron chi connectivity index (χ0n) is 60.6. The quantitative estimate of drug-likeness (QED) is 0.0356. The topological polar surface area (TPSA) is 527 Å². The predicted molar refractivity (Wildman–Crippen MR) is 391 cm³/mol. The van der Waals surface area contributed by atoms with Crippen LogP contribution in [0.25, 0.3) is 0 Å². The van der Waals surface area contributed by atoms with E-state index in [1.807, 2.05) is 52.1 Å². The normalized spacial score (nSPS) is 12.2. The Morgan fingerprint density at radius 3 is 1.16 bits per heavy atom. The van der Waals surface area contributed by atoms with Crippen LogP contribution in [0.15, 0.2) is 67.0 Å². The Balaban J connectivity index is -0.00000120. The summed E-state index contributed by atoms with van der Waals surface area (Å²) < 4.78 is 40.6. The predicted octanol–water partition coefficient (Wildman–Crippen LogP) is -4.46. The third-order valence-corrected chi connectivity index (χ3v) is 18.6. The number of carboxylic acid groups (broad SMARTS) is 8. The van der Waals surface area contributed by atoms with Gasteiger partial charge in [0, 0.05) is 43.0 Å². The fraction of sp³-hybridized carbons (Fsp3) is 0.561. The van der Waals surface area contributed by atoms with Gasteiger partial charge in [0.1, 0.15) is 0 Å². The van der Waals surface area contributed by atoms with Gasteiger partial charge in [0.25, 0.3) is 17.7 Å². The van der Waals surface area contributed by atoms with E-state index in [-0.39, 0.29) is 48.3 Å².